The molecular formula is C16H14Cl2N2O4. The minimum Gasteiger partial charge on any atom is -0.503 e. The molecule has 3 rings (SSSR count). The standard InChI is InChI=1S/C16H13ClN2O4.ClH/c1-23-12-7-10(6-11(17)8-12)9-19-5-4-18-3-2-13(20)15(21)14(18)16(19)22;/h2-8,21H,9H2,1H3;1H. The molecule has 0 aliphatic carbocycles. The van der Waals surface area contributed by atoms with Crippen molar-refractivity contribution < 1.29 is 9.84 Å². The monoisotopic (exact) mass is 368 g/mol. The van der Waals surface area contributed by atoms with Crippen LogP contribution in [-0.4, -0.2) is 21.2 Å². The van der Waals surface area contributed by atoms with E-state index in [2.05, 4.69) is 0 Å². The van der Waals surface area contributed by atoms with Gasteiger partial charge in [-0.2, -0.15) is 0 Å². The maximum absolute atomic E-state index is 12.5. The molecule has 0 unspecified atom stereocenters. The number of methoxy groups -OCH3 is 1. The van der Waals surface area contributed by atoms with Crippen molar-refractivity contribution in [1.29, 1.82) is 0 Å². The van der Waals surface area contributed by atoms with Gasteiger partial charge in [-0.25, -0.2) is 0 Å². The molecule has 1 N–H and O–H groups in total. The maximum Gasteiger partial charge on any atom is 0.279 e. The lowest BCUT2D eigenvalue weighted by Crippen LogP contribution is -2.24. The van der Waals surface area contributed by atoms with Crippen LogP contribution in [0.15, 0.2) is 52.4 Å². The highest BCUT2D eigenvalue weighted by Gasteiger charge is 2.10. The second-order valence-electron chi connectivity index (χ2n) is 5.01. The van der Waals surface area contributed by atoms with E-state index < -0.39 is 16.7 Å². The van der Waals surface area contributed by atoms with Crippen molar-refractivity contribution in [1.82, 2.24) is 8.97 Å². The third-order valence-corrected chi connectivity index (χ3v) is 3.71. The molecule has 0 amide bonds. The Morgan fingerprint density at radius 2 is 1.92 bits per heavy atom. The second kappa shape index (κ2) is 6.98. The van der Waals surface area contributed by atoms with Gasteiger partial charge < -0.3 is 18.8 Å². The van der Waals surface area contributed by atoms with Crippen molar-refractivity contribution in [2.75, 3.05) is 7.11 Å². The van der Waals surface area contributed by atoms with E-state index in [-0.39, 0.29) is 24.5 Å². The van der Waals surface area contributed by atoms with Gasteiger partial charge in [0.1, 0.15) is 5.75 Å². The van der Waals surface area contributed by atoms with Crippen LogP contribution in [0.4, 0.5) is 0 Å². The summed E-state index contributed by atoms with van der Waals surface area (Å²) in [6, 6.07) is 6.35. The van der Waals surface area contributed by atoms with Crippen molar-refractivity contribution in [2.45, 2.75) is 6.54 Å². The van der Waals surface area contributed by atoms with Crippen molar-refractivity contribution in [2.24, 2.45) is 0 Å². The van der Waals surface area contributed by atoms with E-state index >= 15 is 0 Å². The normalized spacial score (nSPS) is 10.4. The summed E-state index contributed by atoms with van der Waals surface area (Å²) in [5.41, 5.74) is -0.363. The van der Waals surface area contributed by atoms with E-state index in [1.165, 1.54) is 28.3 Å². The quantitative estimate of drug-likeness (QED) is 0.769. The Hall–Kier alpha value is -2.44. The second-order valence-corrected chi connectivity index (χ2v) is 5.45. The Bertz CT molecular complexity index is 1010. The molecule has 8 heteroatoms. The predicted octanol–water partition coefficient (Wildman–Crippen LogP) is 2.30. The number of pyridine rings is 1. The van der Waals surface area contributed by atoms with Crippen LogP contribution in [0.5, 0.6) is 11.5 Å². The molecule has 3 aromatic rings. The molecule has 2 heterocycles. The number of rotatable bonds is 3. The average Bonchev–Trinajstić information content (AvgIpc) is 2.53. The van der Waals surface area contributed by atoms with Crippen LogP contribution >= 0.6 is 24.0 Å². The molecule has 1 aromatic carbocycles. The molecule has 0 saturated heterocycles. The number of aromatic nitrogens is 2. The third-order valence-electron chi connectivity index (χ3n) is 3.49. The average molecular weight is 369 g/mol. The molecular weight excluding hydrogens is 355 g/mol. The fraction of sp³-hybridized carbons (Fsp3) is 0.125. The van der Waals surface area contributed by atoms with Gasteiger partial charge in [0.05, 0.1) is 13.7 Å². The molecule has 6 nitrogen and oxygen atoms in total. The molecule has 2 aromatic heterocycles. The van der Waals surface area contributed by atoms with Crippen LogP contribution in [0.3, 0.4) is 0 Å². The molecule has 0 spiro atoms. The number of ether oxygens (including phenoxy) is 1. The minimum atomic E-state index is -0.593. The lowest BCUT2D eigenvalue weighted by molar-refractivity contribution is 0.414. The number of hydrogen-bond donors (Lipinski definition) is 1. The van der Waals surface area contributed by atoms with Crippen LogP contribution in [0.2, 0.25) is 5.02 Å². The largest absolute Gasteiger partial charge is 0.503 e. The number of nitrogens with zero attached hydrogens (tertiary/aromatic N) is 2. The molecule has 0 radical (unpaired) electrons. The van der Waals surface area contributed by atoms with E-state index in [9.17, 15) is 14.7 Å². The van der Waals surface area contributed by atoms with Gasteiger partial charge in [-0.15, -0.1) is 12.4 Å². The lowest BCUT2D eigenvalue weighted by Gasteiger charge is -2.10. The summed E-state index contributed by atoms with van der Waals surface area (Å²) >= 11 is 6.02. The van der Waals surface area contributed by atoms with E-state index in [1.54, 1.807) is 30.6 Å². The van der Waals surface area contributed by atoms with E-state index in [1.807, 2.05) is 0 Å². The van der Waals surface area contributed by atoms with Crippen LogP contribution in [-0.2, 0) is 6.54 Å². The first-order chi connectivity index (χ1) is 11.0. The first-order valence-electron chi connectivity index (χ1n) is 6.76. The van der Waals surface area contributed by atoms with E-state index in [4.69, 9.17) is 16.3 Å². The van der Waals surface area contributed by atoms with Crippen molar-refractivity contribution in [3.05, 3.63) is 74.0 Å². The summed E-state index contributed by atoms with van der Waals surface area (Å²) in [7, 11) is 1.53. The topological polar surface area (TPSA) is 72.9 Å². The molecule has 126 valence electrons. The molecule has 0 bridgehead atoms. The van der Waals surface area contributed by atoms with Crippen molar-refractivity contribution >= 4 is 29.5 Å². The van der Waals surface area contributed by atoms with Gasteiger partial charge in [-0.05, 0) is 23.8 Å². The Kier molecular flexibility index (Phi) is 5.21. The molecule has 24 heavy (non-hydrogen) atoms. The van der Waals surface area contributed by atoms with Gasteiger partial charge in [0.2, 0.25) is 5.43 Å². The summed E-state index contributed by atoms with van der Waals surface area (Å²) in [5, 5.41) is 10.4. The summed E-state index contributed by atoms with van der Waals surface area (Å²) in [4.78, 5) is 24.1. The molecule has 0 saturated carbocycles. The van der Waals surface area contributed by atoms with Gasteiger partial charge in [0, 0.05) is 29.7 Å². The van der Waals surface area contributed by atoms with Crippen LogP contribution in [0.1, 0.15) is 5.56 Å². The fourth-order valence-corrected chi connectivity index (χ4v) is 2.63. The predicted molar refractivity (Wildman–Crippen MR) is 93.9 cm³/mol. The maximum atomic E-state index is 12.5. The fourth-order valence-electron chi connectivity index (χ4n) is 2.38. The van der Waals surface area contributed by atoms with E-state index in [0.717, 1.165) is 5.56 Å². The van der Waals surface area contributed by atoms with Gasteiger partial charge in [0.25, 0.3) is 5.56 Å². The van der Waals surface area contributed by atoms with Crippen molar-refractivity contribution in [3.8, 4) is 11.5 Å². The highest BCUT2D eigenvalue weighted by Crippen LogP contribution is 2.21. The van der Waals surface area contributed by atoms with E-state index in [0.29, 0.717) is 10.8 Å². The molecule has 0 aliphatic heterocycles. The zero-order valence-corrected chi connectivity index (χ0v) is 14.2. The summed E-state index contributed by atoms with van der Waals surface area (Å²) in [5.74, 6) is 0.0240. The van der Waals surface area contributed by atoms with Gasteiger partial charge in [-0.3, -0.25) is 9.59 Å². The first-order valence-corrected chi connectivity index (χ1v) is 7.14. The molecule has 0 aliphatic rings. The number of aromatic hydroxyl groups is 1. The van der Waals surface area contributed by atoms with Crippen molar-refractivity contribution in [3.63, 3.8) is 0 Å². The number of fused-ring (bicyclic) bond motifs is 1. The zero-order valence-electron chi connectivity index (χ0n) is 12.6. The third kappa shape index (κ3) is 3.25. The summed E-state index contributed by atoms with van der Waals surface area (Å²) < 4.78 is 7.95. The molecule has 0 atom stereocenters. The van der Waals surface area contributed by atoms with Crippen LogP contribution in [0.25, 0.3) is 5.52 Å². The smallest absolute Gasteiger partial charge is 0.279 e. The van der Waals surface area contributed by atoms with Gasteiger partial charge in [0.15, 0.2) is 11.3 Å². The Labute approximate surface area is 147 Å². The minimum absolute atomic E-state index is 0. The number of halogens is 2. The summed E-state index contributed by atoms with van der Waals surface area (Å²) in [6.45, 7) is 0.231. The molecule has 0 fully saturated rings. The van der Waals surface area contributed by atoms with Crippen LogP contribution in [0, 0.1) is 0 Å². The number of hydrogen-bond acceptors (Lipinski definition) is 4. The lowest BCUT2D eigenvalue weighted by atomic mass is 10.2. The van der Waals surface area contributed by atoms with Gasteiger partial charge in [-0.1, -0.05) is 11.6 Å². The zero-order chi connectivity index (χ0) is 16.6. The van der Waals surface area contributed by atoms with Gasteiger partial charge >= 0.3 is 0 Å². The summed E-state index contributed by atoms with van der Waals surface area (Å²) in [6.07, 6.45) is 4.61. The Balaban J connectivity index is 0.00000208. The Morgan fingerprint density at radius 1 is 1.17 bits per heavy atom. The highest BCUT2D eigenvalue weighted by molar-refractivity contribution is 6.30. The Morgan fingerprint density at radius 3 is 2.62 bits per heavy atom. The van der Waals surface area contributed by atoms with Crippen LogP contribution < -0.4 is 15.7 Å². The first kappa shape index (κ1) is 17.9. The highest BCUT2D eigenvalue weighted by atomic mass is 35.5. The SMILES string of the molecule is COc1cc(Cl)cc(Cn2ccn3ccc(=O)c(O)c3c2=O)c1.Cl. The number of benzene rings is 1.